The van der Waals surface area contributed by atoms with Gasteiger partial charge in [-0.15, -0.1) is 0 Å². The van der Waals surface area contributed by atoms with Gasteiger partial charge in [0.15, 0.2) is 0 Å². The molecule has 2 aromatic rings. The number of benzene rings is 2. The fourth-order valence-corrected chi connectivity index (χ4v) is 4.85. The van der Waals surface area contributed by atoms with Gasteiger partial charge in [-0.05, 0) is 43.7 Å². The van der Waals surface area contributed by atoms with Crippen molar-refractivity contribution in [3.8, 4) is 5.75 Å². The zero-order valence-electron chi connectivity index (χ0n) is 21.3. The smallest absolute Gasteiger partial charge is 0.341 e. The number of ether oxygens (including phenoxy) is 2. The van der Waals surface area contributed by atoms with Crippen LogP contribution < -0.4 is 10.2 Å². The minimum absolute atomic E-state index is 0.0253. The minimum atomic E-state index is -1.06. The molecule has 1 N–H and O–H groups in total. The maximum absolute atomic E-state index is 13.5. The third-order valence-electron chi connectivity index (χ3n) is 6.59. The Morgan fingerprint density at radius 1 is 1.11 bits per heavy atom. The summed E-state index contributed by atoms with van der Waals surface area (Å²) in [6.07, 6.45) is 0.317. The predicted octanol–water partition coefficient (Wildman–Crippen LogP) is 3.68. The summed E-state index contributed by atoms with van der Waals surface area (Å²) < 4.78 is 10.6. The van der Waals surface area contributed by atoms with Gasteiger partial charge in [0.2, 0.25) is 5.91 Å². The van der Waals surface area contributed by atoms with Crippen LogP contribution >= 0.6 is 0 Å². The molecule has 2 heterocycles. The summed E-state index contributed by atoms with van der Waals surface area (Å²) in [5.74, 6) is -3.59. The maximum atomic E-state index is 13.5. The molecule has 38 heavy (non-hydrogen) atoms. The SMILES string of the molecule is COC(=O)C1C(C)=NC(C)=C(C(=O)Oc2ccc(C3=NNC(=O)CC3C)cc2)C1c1ccccc1[N+](=O)[O-]. The number of nitro groups is 1. The molecule has 4 rings (SSSR count). The molecular formula is C27H26N4O7. The summed E-state index contributed by atoms with van der Waals surface area (Å²) in [5.41, 5.74) is 4.55. The van der Waals surface area contributed by atoms with Crippen LogP contribution in [0.5, 0.6) is 5.75 Å². The van der Waals surface area contributed by atoms with E-state index in [1.165, 1.54) is 25.3 Å². The Morgan fingerprint density at radius 3 is 2.42 bits per heavy atom. The van der Waals surface area contributed by atoms with Gasteiger partial charge in [0.25, 0.3) is 5.69 Å². The van der Waals surface area contributed by atoms with Gasteiger partial charge in [-0.2, -0.15) is 5.10 Å². The molecule has 0 aliphatic carbocycles. The van der Waals surface area contributed by atoms with E-state index in [2.05, 4.69) is 15.5 Å². The lowest BCUT2D eigenvalue weighted by Gasteiger charge is -2.31. The Morgan fingerprint density at radius 2 is 1.79 bits per heavy atom. The number of rotatable bonds is 6. The van der Waals surface area contributed by atoms with Crippen LogP contribution in [0.3, 0.4) is 0 Å². The van der Waals surface area contributed by atoms with Crippen molar-refractivity contribution in [1.82, 2.24) is 5.43 Å². The van der Waals surface area contributed by atoms with Crippen LogP contribution in [-0.4, -0.2) is 41.3 Å². The first-order chi connectivity index (χ1) is 18.1. The summed E-state index contributed by atoms with van der Waals surface area (Å²) in [6.45, 7) is 5.10. The third kappa shape index (κ3) is 5.08. The number of amides is 1. The number of aliphatic imine (C=N–C) groups is 1. The van der Waals surface area contributed by atoms with Gasteiger partial charge in [-0.1, -0.05) is 25.1 Å². The molecule has 0 aromatic heterocycles. The number of allylic oxidation sites excluding steroid dienone is 1. The molecule has 196 valence electrons. The number of nitrogens with one attached hydrogen (secondary N) is 1. The second-order valence-corrected chi connectivity index (χ2v) is 9.10. The Labute approximate surface area is 218 Å². The second kappa shape index (κ2) is 10.8. The van der Waals surface area contributed by atoms with Gasteiger partial charge in [0.1, 0.15) is 11.7 Å². The molecule has 0 bridgehead atoms. The molecule has 0 spiro atoms. The molecule has 2 aliphatic rings. The molecule has 3 unspecified atom stereocenters. The van der Waals surface area contributed by atoms with Crippen LogP contribution in [0.15, 0.2) is 69.9 Å². The van der Waals surface area contributed by atoms with Crippen molar-refractivity contribution in [2.45, 2.75) is 33.1 Å². The molecule has 3 atom stereocenters. The van der Waals surface area contributed by atoms with Crippen LogP contribution in [0.4, 0.5) is 5.69 Å². The van der Waals surface area contributed by atoms with Crippen molar-refractivity contribution >= 4 is 35.0 Å². The first-order valence-corrected chi connectivity index (χ1v) is 11.9. The number of hydrogen-bond donors (Lipinski definition) is 1. The van der Waals surface area contributed by atoms with E-state index in [-0.39, 0.29) is 40.1 Å². The van der Waals surface area contributed by atoms with E-state index in [9.17, 15) is 24.5 Å². The summed E-state index contributed by atoms with van der Waals surface area (Å²) in [4.78, 5) is 53.6. The number of para-hydroxylation sites is 1. The molecule has 0 saturated heterocycles. The van der Waals surface area contributed by atoms with Gasteiger partial charge >= 0.3 is 11.9 Å². The van der Waals surface area contributed by atoms with Gasteiger partial charge in [-0.25, -0.2) is 10.2 Å². The highest BCUT2D eigenvalue weighted by atomic mass is 16.6. The lowest BCUT2D eigenvalue weighted by molar-refractivity contribution is -0.385. The van der Waals surface area contributed by atoms with Crippen molar-refractivity contribution in [3.05, 3.63) is 81.0 Å². The first-order valence-electron chi connectivity index (χ1n) is 11.9. The van der Waals surface area contributed by atoms with Crippen molar-refractivity contribution in [2.24, 2.45) is 21.9 Å². The zero-order valence-corrected chi connectivity index (χ0v) is 21.3. The molecule has 0 radical (unpaired) electrons. The molecule has 2 aromatic carbocycles. The average Bonchev–Trinajstić information content (AvgIpc) is 2.88. The van der Waals surface area contributed by atoms with Crippen molar-refractivity contribution in [1.29, 1.82) is 0 Å². The standard InChI is InChI=1S/C27H26N4O7/c1-14-13-21(32)29-30-25(14)17-9-11-18(12-10-17)38-27(34)23-16(3)28-15(2)22(26(33)37-4)24(23)19-7-5-6-8-20(19)31(35)36/h5-12,14,22,24H,13H2,1-4H3,(H,29,32). The van der Waals surface area contributed by atoms with Crippen molar-refractivity contribution in [2.75, 3.05) is 7.11 Å². The number of nitrogens with zero attached hydrogens (tertiary/aromatic N) is 3. The average molecular weight is 519 g/mol. The summed E-state index contributed by atoms with van der Waals surface area (Å²) in [6, 6.07) is 12.6. The monoisotopic (exact) mass is 518 g/mol. The molecule has 1 amide bonds. The largest absolute Gasteiger partial charge is 0.468 e. The minimum Gasteiger partial charge on any atom is -0.468 e. The van der Waals surface area contributed by atoms with E-state index in [1.54, 1.807) is 44.2 Å². The molecule has 2 aliphatic heterocycles. The van der Waals surface area contributed by atoms with E-state index in [1.807, 2.05) is 6.92 Å². The van der Waals surface area contributed by atoms with Crippen LogP contribution in [-0.2, 0) is 19.1 Å². The number of carbonyl (C=O) groups excluding carboxylic acids is 3. The summed E-state index contributed by atoms with van der Waals surface area (Å²) >= 11 is 0. The predicted molar refractivity (Wildman–Crippen MR) is 138 cm³/mol. The highest BCUT2D eigenvalue weighted by Gasteiger charge is 2.44. The number of methoxy groups -OCH3 is 1. The molecule has 11 nitrogen and oxygen atoms in total. The number of nitro benzene ring substituents is 1. The van der Waals surface area contributed by atoms with Crippen LogP contribution in [0.25, 0.3) is 0 Å². The molecule has 0 fully saturated rings. The number of carbonyl (C=O) groups is 3. The van der Waals surface area contributed by atoms with Gasteiger partial charge in [-0.3, -0.25) is 24.7 Å². The first kappa shape index (κ1) is 26.4. The zero-order chi connectivity index (χ0) is 27.6. The van der Waals surface area contributed by atoms with Crippen molar-refractivity contribution in [3.63, 3.8) is 0 Å². The fraction of sp³-hybridized carbons (Fsp3) is 0.296. The van der Waals surface area contributed by atoms with Gasteiger partial charge < -0.3 is 9.47 Å². The maximum Gasteiger partial charge on any atom is 0.341 e. The molecule has 0 saturated carbocycles. The lowest BCUT2D eigenvalue weighted by atomic mass is 9.75. The third-order valence-corrected chi connectivity index (χ3v) is 6.59. The Hall–Kier alpha value is -4.67. The van der Waals surface area contributed by atoms with E-state index < -0.39 is 28.7 Å². The van der Waals surface area contributed by atoms with E-state index in [0.717, 1.165) is 5.56 Å². The van der Waals surface area contributed by atoms with E-state index in [4.69, 9.17) is 9.47 Å². The van der Waals surface area contributed by atoms with Crippen LogP contribution in [0.2, 0.25) is 0 Å². The molecule has 11 heteroatoms. The van der Waals surface area contributed by atoms with Gasteiger partial charge in [0.05, 0.1) is 23.3 Å². The van der Waals surface area contributed by atoms with Gasteiger partial charge in [0, 0.05) is 41.3 Å². The topological polar surface area (TPSA) is 150 Å². The number of hydrazone groups is 1. The van der Waals surface area contributed by atoms with E-state index >= 15 is 0 Å². The van der Waals surface area contributed by atoms with E-state index in [0.29, 0.717) is 17.8 Å². The fourth-order valence-electron chi connectivity index (χ4n) is 4.85. The van der Waals surface area contributed by atoms with Crippen LogP contribution in [0.1, 0.15) is 44.2 Å². The normalized spacial score (nSPS) is 21.2. The summed E-state index contributed by atoms with van der Waals surface area (Å²) in [5, 5.41) is 16.0. The quantitative estimate of drug-likeness (QED) is 0.265. The highest BCUT2D eigenvalue weighted by Crippen LogP contribution is 2.43. The lowest BCUT2D eigenvalue weighted by Crippen LogP contribution is -2.37. The number of hydrogen-bond acceptors (Lipinski definition) is 9. The van der Waals surface area contributed by atoms with Crippen LogP contribution in [0, 0.1) is 22.0 Å². The Kier molecular flexibility index (Phi) is 7.47. The Bertz CT molecular complexity index is 1410. The molecular weight excluding hydrogens is 492 g/mol. The summed E-state index contributed by atoms with van der Waals surface area (Å²) in [7, 11) is 1.21. The Balaban J connectivity index is 1.70. The highest BCUT2D eigenvalue weighted by molar-refractivity contribution is 6.08. The second-order valence-electron chi connectivity index (χ2n) is 9.10. The number of esters is 2. The van der Waals surface area contributed by atoms with Crippen molar-refractivity contribution < 1.29 is 28.8 Å².